The Labute approximate surface area is 170 Å². The largest absolute Gasteiger partial charge is 0.368 e. The molecule has 0 unspecified atom stereocenters. The van der Waals surface area contributed by atoms with Crippen LogP contribution in [0.4, 0.5) is 0 Å². The van der Waals surface area contributed by atoms with E-state index in [-0.39, 0.29) is 0 Å². The van der Waals surface area contributed by atoms with Crippen molar-refractivity contribution in [2.24, 2.45) is 0 Å². The highest BCUT2D eigenvalue weighted by Crippen LogP contribution is 2.16. The van der Waals surface area contributed by atoms with Gasteiger partial charge in [0.25, 0.3) is 0 Å². The van der Waals surface area contributed by atoms with Crippen molar-refractivity contribution in [2.45, 2.75) is 13.1 Å². The van der Waals surface area contributed by atoms with Gasteiger partial charge < -0.3 is 4.74 Å². The lowest BCUT2D eigenvalue weighted by molar-refractivity contribution is -0.705. The fourth-order valence-electron chi connectivity index (χ4n) is 3.13. The van der Waals surface area contributed by atoms with Gasteiger partial charge in [-0.2, -0.15) is 0 Å². The number of aromatic nitrogens is 4. The summed E-state index contributed by atoms with van der Waals surface area (Å²) in [5, 5.41) is 0. The van der Waals surface area contributed by atoms with Crippen LogP contribution in [-0.2, 0) is 17.8 Å². The molecule has 0 atom stereocenters. The molecule has 4 aromatic heterocycles. The van der Waals surface area contributed by atoms with Crippen molar-refractivity contribution in [3.63, 3.8) is 0 Å². The van der Waals surface area contributed by atoms with E-state index in [1.54, 1.807) is 0 Å². The molecular formula is C24H24N4O+2. The molecule has 0 fully saturated rings. The highest BCUT2D eigenvalue weighted by atomic mass is 16.5. The predicted octanol–water partition coefficient (Wildman–Crippen LogP) is 3.10. The maximum absolute atomic E-state index is 5.81. The van der Waals surface area contributed by atoms with Crippen LogP contribution in [0.25, 0.3) is 22.3 Å². The molecule has 0 amide bonds. The van der Waals surface area contributed by atoms with Gasteiger partial charge in [-0.05, 0) is 46.5 Å². The average molecular weight is 384 g/mol. The van der Waals surface area contributed by atoms with Crippen LogP contribution in [0.15, 0.2) is 98.1 Å². The number of ether oxygens (including phenoxy) is 1. The Morgan fingerprint density at radius 1 is 0.517 bits per heavy atom. The van der Waals surface area contributed by atoms with E-state index in [2.05, 4.69) is 68.2 Å². The highest BCUT2D eigenvalue weighted by Gasteiger charge is 2.05. The minimum atomic E-state index is 0.689. The van der Waals surface area contributed by atoms with Crippen LogP contribution in [0.2, 0.25) is 0 Å². The van der Waals surface area contributed by atoms with Gasteiger partial charge in [0.05, 0.1) is 0 Å². The van der Waals surface area contributed by atoms with Gasteiger partial charge in [0, 0.05) is 49.1 Å². The Morgan fingerprint density at radius 2 is 0.862 bits per heavy atom. The smallest absolute Gasteiger partial charge is 0.171 e. The molecular weight excluding hydrogens is 360 g/mol. The molecule has 0 radical (unpaired) electrons. The van der Waals surface area contributed by atoms with Gasteiger partial charge in [-0.3, -0.25) is 9.97 Å². The summed E-state index contributed by atoms with van der Waals surface area (Å²) in [5.74, 6) is 0. The van der Waals surface area contributed by atoms with Crippen molar-refractivity contribution < 1.29 is 13.9 Å². The Balaban J connectivity index is 1.20. The third-order valence-electron chi connectivity index (χ3n) is 4.80. The Kier molecular flexibility index (Phi) is 6.30. The SMILES string of the molecule is c1cc(-c2cc[n+](CCOCC[n+]3ccc(-c4ccncc4)cc3)cc2)ccn1. The maximum atomic E-state index is 5.81. The molecule has 5 nitrogen and oxygen atoms in total. The first-order chi connectivity index (χ1) is 14.4. The van der Waals surface area contributed by atoms with Gasteiger partial charge in [-0.25, -0.2) is 9.13 Å². The normalized spacial score (nSPS) is 10.8. The summed E-state index contributed by atoms with van der Waals surface area (Å²) in [6, 6.07) is 16.6. The second-order valence-electron chi connectivity index (χ2n) is 6.73. The molecule has 0 aromatic carbocycles. The zero-order valence-electron chi connectivity index (χ0n) is 16.3. The summed E-state index contributed by atoms with van der Waals surface area (Å²) in [5.41, 5.74) is 4.73. The molecule has 0 bridgehead atoms. The van der Waals surface area contributed by atoms with E-state index >= 15 is 0 Å². The lowest BCUT2D eigenvalue weighted by atomic mass is 10.1. The van der Waals surface area contributed by atoms with Gasteiger partial charge in [-0.15, -0.1) is 0 Å². The van der Waals surface area contributed by atoms with E-state index in [1.807, 2.05) is 49.1 Å². The van der Waals surface area contributed by atoms with Crippen molar-refractivity contribution in [1.82, 2.24) is 9.97 Å². The zero-order chi connectivity index (χ0) is 19.7. The average Bonchev–Trinajstić information content (AvgIpc) is 2.81. The van der Waals surface area contributed by atoms with Crippen LogP contribution >= 0.6 is 0 Å². The first-order valence-corrected chi connectivity index (χ1v) is 9.75. The Hall–Kier alpha value is -3.44. The fourth-order valence-corrected chi connectivity index (χ4v) is 3.13. The fraction of sp³-hybridized carbons (Fsp3) is 0.167. The second kappa shape index (κ2) is 9.66. The first kappa shape index (κ1) is 18.9. The summed E-state index contributed by atoms with van der Waals surface area (Å²) in [6.45, 7) is 3.05. The van der Waals surface area contributed by atoms with Gasteiger partial charge >= 0.3 is 0 Å². The van der Waals surface area contributed by atoms with E-state index in [9.17, 15) is 0 Å². The van der Waals surface area contributed by atoms with Crippen molar-refractivity contribution in [3.8, 4) is 22.3 Å². The van der Waals surface area contributed by atoms with E-state index in [4.69, 9.17) is 4.74 Å². The molecule has 0 saturated carbocycles. The molecule has 4 aromatic rings. The molecule has 0 aliphatic rings. The number of hydrogen-bond donors (Lipinski definition) is 0. The van der Waals surface area contributed by atoms with Crippen LogP contribution in [0.5, 0.6) is 0 Å². The van der Waals surface area contributed by atoms with E-state index in [0.29, 0.717) is 13.2 Å². The van der Waals surface area contributed by atoms with Crippen LogP contribution < -0.4 is 9.13 Å². The quantitative estimate of drug-likeness (QED) is 0.346. The van der Waals surface area contributed by atoms with Crippen molar-refractivity contribution in [1.29, 1.82) is 0 Å². The van der Waals surface area contributed by atoms with Crippen LogP contribution in [0.1, 0.15) is 0 Å². The monoisotopic (exact) mass is 384 g/mol. The maximum Gasteiger partial charge on any atom is 0.171 e. The molecule has 4 rings (SSSR count). The van der Waals surface area contributed by atoms with Crippen LogP contribution in [0, 0.1) is 0 Å². The molecule has 5 heteroatoms. The topological polar surface area (TPSA) is 42.8 Å². The number of pyridine rings is 4. The van der Waals surface area contributed by atoms with Crippen LogP contribution in [-0.4, -0.2) is 23.2 Å². The minimum absolute atomic E-state index is 0.689. The van der Waals surface area contributed by atoms with Gasteiger partial charge in [0.2, 0.25) is 0 Å². The molecule has 0 saturated heterocycles. The van der Waals surface area contributed by atoms with Crippen molar-refractivity contribution >= 4 is 0 Å². The first-order valence-electron chi connectivity index (χ1n) is 9.75. The molecule has 0 spiro atoms. The molecule has 29 heavy (non-hydrogen) atoms. The zero-order valence-corrected chi connectivity index (χ0v) is 16.3. The predicted molar refractivity (Wildman–Crippen MR) is 111 cm³/mol. The minimum Gasteiger partial charge on any atom is -0.368 e. The molecule has 0 aliphatic carbocycles. The lowest BCUT2D eigenvalue weighted by Crippen LogP contribution is -2.37. The number of rotatable bonds is 8. The van der Waals surface area contributed by atoms with Crippen molar-refractivity contribution in [3.05, 3.63) is 98.1 Å². The third kappa shape index (κ3) is 5.30. The second-order valence-corrected chi connectivity index (χ2v) is 6.73. The summed E-state index contributed by atoms with van der Waals surface area (Å²) in [7, 11) is 0. The van der Waals surface area contributed by atoms with E-state index in [1.165, 1.54) is 22.3 Å². The summed E-state index contributed by atoms with van der Waals surface area (Å²) >= 11 is 0. The third-order valence-corrected chi connectivity index (χ3v) is 4.80. The number of hydrogen-bond acceptors (Lipinski definition) is 3. The summed E-state index contributed by atoms with van der Waals surface area (Å²) in [4.78, 5) is 8.12. The number of nitrogens with zero attached hydrogens (tertiary/aromatic N) is 4. The summed E-state index contributed by atoms with van der Waals surface area (Å²) < 4.78 is 10.1. The van der Waals surface area contributed by atoms with Crippen molar-refractivity contribution in [2.75, 3.05) is 13.2 Å². The highest BCUT2D eigenvalue weighted by molar-refractivity contribution is 5.61. The van der Waals surface area contributed by atoms with E-state index < -0.39 is 0 Å². The molecule has 144 valence electrons. The Bertz CT molecular complexity index is 919. The standard InChI is InChI=1S/C24H24N4O/c1-9-25-10-2-21(1)23-5-13-27(14-6-23)17-19-29-20-18-28-15-7-24(8-16-28)22-3-11-26-12-4-22/h1-16H,17-20H2/q+2. The van der Waals surface area contributed by atoms with Gasteiger partial charge in [0.1, 0.15) is 13.2 Å². The Morgan fingerprint density at radius 3 is 1.24 bits per heavy atom. The van der Waals surface area contributed by atoms with E-state index in [0.717, 1.165) is 13.1 Å². The van der Waals surface area contributed by atoms with Crippen LogP contribution in [0.3, 0.4) is 0 Å². The molecule has 0 aliphatic heterocycles. The molecule has 4 heterocycles. The lowest BCUT2D eigenvalue weighted by Gasteiger charge is -2.03. The molecule has 0 N–H and O–H groups in total. The van der Waals surface area contributed by atoms with Gasteiger partial charge in [-0.1, -0.05) is 0 Å². The van der Waals surface area contributed by atoms with Gasteiger partial charge in [0.15, 0.2) is 37.9 Å². The summed E-state index contributed by atoms with van der Waals surface area (Å²) in [6.07, 6.45) is 15.6.